The first-order valence-electron chi connectivity index (χ1n) is 22.5. The maximum absolute atomic E-state index is 14.8. The molecule has 19 heteroatoms. The molecule has 1 fully saturated rings. The monoisotopic (exact) mass is 1010 g/mol. The third-order valence-electron chi connectivity index (χ3n) is 12.8. The number of amides is 2. The highest BCUT2D eigenvalue weighted by molar-refractivity contribution is 7.16. The van der Waals surface area contributed by atoms with Crippen molar-refractivity contribution in [3.8, 4) is 17.2 Å². The van der Waals surface area contributed by atoms with Crippen LogP contribution in [0.2, 0.25) is 0 Å². The van der Waals surface area contributed by atoms with Crippen molar-refractivity contribution in [3.63, 3.8) is 0 Å². The number of hydrogen-bond acceptors (Lipinski definition) is 14. The fraction of sp³-hybridized carbons (Fsp3) is 0.314. The number of carbonyl (C=O) groups is 5. The first-order chi connectivity index (χ1) is 33.7. The number of anilines is 2. The Morgan fingerprint density at radius 1 is 0.714 bits per heavy atom. The summed E-state index contributed by atoms with van der Waals surface area (Å²) < 4.78 is 35.6. The average molecular weight is 1010 g/mol. The number of nitro groups is 1. The minimum atomic E-state index is -1.19. The van der Waals surface area contributed by atoms with E-state index in [1.807, 2.05) is 50.2 Å². The predicted octanol–water partition coefficient (Wildman–Crippen LogP) is 10.5. The van der Waals surface area contributed by atoms with Gasteiger partial charge in [-0.2, -0.15) is 0 Å². The zero-order valence-corrected chi connectivity index (χ0v) is 40.5. The van der Waals surface area contributed by atoms with Crippen LogP contribution in [-0.4, -0.2) is 84.3 Å². The number of non-ortho nitro benzene ring substituents is 1. The van der Waals surface area contributed by atoms with Crippen molar-refractivity contribution in [2.45, 2.75) is 70.6 Å². The number of hydrogen-bond donors (Lipinski definition) is 0. The van der Waals surface area contributed by atoms with Crippen LogP contribution >= 0.6 is 34.5 Å². The molecule has 1 saturated heterocycles. The SMILES string of the molecule is CC[C@H]1O[C@@H](Oc2cc3c(c4ccccc24)[C@H](CCl)CN3C(=O)c2ccc(C(=O)N3C[C@@H](CCl)c4c3cc(OC(=O)Oc3ccc([N+](=O)[O-])cc3)c3ccccc43)s2)[C@H](OC(C)=O)[C@@H](OC(C)=O)[C@H]1C. The van der Waals surface area contributed by atoms with Gasteiger partial charge in [0.25, 0.3) is 17.5 Å². The maximum Gasteiger partial charge on any atom is 0.519 e. The molecule has 70 heavy (non-hydrogen) atoms. The maximum atomic E-state index is 14.8. The van der Waals surface area contributed by atoms with Crippen LogP contribution in [0, 0.1) is 16.0 Å². The van der Waals surface area contributed by atoms with Crippen molar-refractivity contribution in [2.24, 2.45) is 5.92 Å². The first kappa shape index (κ1) is 48.2. The number of ether oxygens (including phenoxy) is 6. The number of thiophene rings is 1. The Hall–Kier alpha value is -6.79. The summed E-state index contributed by atoms with van der Waals surface area (Å²) in [5.74, 6) is -2.02. The van der Waals surface area contributed by atoms with E-state index in [9.17, 15) is 34.1 Å². The molecule has 0 saturated carbocycles. The quantitative estimate of drug-likeness (QED) is 0.0370. The normalized spacial score (nSPS) is 21.5. The Morgan fingerprint density at radius 2 is 1.21 bits per heavy atom. The van der Waals surface area contributed by atoms with Crippen LogP contribution in [-0.2, 0) is 23.8 Å². The zero-order valence-electron chi connectivity index (χ0n) is 38.1. The number of esters is 2. The van der Waals surface area contributed by atoms with Gasteiger partial charge in [0.1, 0.15) is 23.4 Å². The molecule has 362 valence electrons. The molecule has 0 N–H and O–H groups in total. The standard InChI is InChI=1S/C51H45Cl2N3O13S/c1-5-39-26(2)46(64-27(3)57)47(65-28(4)58)50(67-39)68-40-20-37-44(35-12-8-6-10-33(35)40)29(22-52)24-54(37)48(59)42-18-19-43(70-42)49(60)55-25-30(23-53)45-36-13-9-7-11-34(36)41(21-38(45)55)69-51(61)66-32-16-14-31(15-17-32)56(62)63/h6-21,26,29-30,39,46-47,50H,5,22-25H2,1-4H3/t26-,29+,30+,39+,46-,47+,50-/m0/s1. The minimum absolute atomic E-state index is 0.0276. The van der Waals surface area contributed by atoms with Crippen LogP contribution < -0.4 is 24.0 Å². The topological polar surface area (TPSA) is 190 Å². The summed E-state index contributed by atoms with van der Waals surface area (Å²) in [7, 11) is 0. The average Bonchev–Trinajstić information content (AvgIpc) is 4.09. The minimum Gasteiger partial charge on any atom is -0.460 e. The molecule has 7 atom stereocenters. The molecule has 0 aliphatic carbocycles. The summed E-state index contributed by atoms with van der Waals surface area (Å²) in [6, 6.07) is 26.2. The number of alkyl halides is 2. The van der Waals surface area contributed by atoms with Gasteiger partial charge in [0.05, 0.1) is 32.2 Å². The van der Waals surface area contributed by atoms with Gasteiger partial charge in [-0.25, -0.2) is 4.79 Å². The lowest BCUT2D eigenvalue weighted by molar-refractivity contribution is -0.384. The molecule has 9 rings (SSSR count). The van der Waals surface area contributed by atoms with Gasteiger partial charge in [-0.15, -0.1) is 34.5 Å². The molecule has 0 bridgehead atoms. The molecule has 4 heterocycles. The van der Waals surface area contributed by atoms with Crippen LogP contribution in [0.15, 0.2) is 97.1 Å². The Kier molecular flexibility index (Phi) is 13.7. The second-order valence-electron chi connectivity index (χ2n) is 17.2. The molecule has 2 amide bonds. The van der Waals surface area contributed by atoms with Crippen LogP contribution in [0.4, 0.5) is 21.9 Å². The van der Waals surface area contributed by atoms with E-state index in [-0.39, 0.29) is 75.5 Å². The van der Waals surface area contributed by atoms with Crippen molar-refractivity contribution in [3.05, 3.63) is 128 Å². The lowest BCUT2D eigenvalue weighted by Crippen LogP contribution is -2.58. The Morgan fingerprint density at radius 3 is 1.71 bits per heavy atom. The number of benzene rings is 5. The van der Waals surface area contributed by atoms with E-state index in [4.69, 9.17) is 51.6 Å². The number of nitrogens with zero attached hydrogens (tertiary/aromatic N) is 3. The summed E-state index contributed by atoms with van der Waals surface area (Å²) in [6.45, 7) is 6.77. The summed E-state index contributed by atoms with van der Waals surface area (Å²) in [6.07, 6.45) is -4.14. The highest BCUT2D eigenvalue weighted by atomic mass is 35.5. The Labute approximate surface area is 415 Å². The van der Waals surface area contributed by atoms with Crippen molar-refractivity contribution >= 4 is 103 Å². The fourth-order valence-electron chi connectivity index (χ4n) is 9.73. The largest absolute Gasteiger partial charge is 0.519 e. The molecule has 0 spiro atoms. The number of nitro benzene ring substituents is 1. The molecule has 6 aromatic rings. The number of fused-ring (bicyclic) bond motifs is 6. The zero-order chi connectivity index (χ0) is 49.5. The van der Waals surface area contributed by atoms with Crippen molar-refractivity contribution in [1.29, 1.82) is 0 Å². The van der Waals surface area contributed by atoms with E-state index in [0.717, 1.165) is 27.8 Å². The van der Waals surface area contributed by atoms with Crippen LogP contribution in [0.5, 0.6) is 17.2 Å². The number of rotatable bonds is 12. The Bertz CT molecular complexity index is 3070. The highest BCUT2D eigenvalue weighted by Gasteiger charge is 2.49. The van der Waals surface area contributed by atoms with Gasteiger partial charge in [-0.1, -0.05) is 62.4 Å². The van der Waals surface area contributed by atoms with Crippen LogP contribution in [0.3, 0.4) is 0 Å². The summed E-state index contributed by atoms with van der Waals surface area (Å²) in [5.41, 5.74) is 2.44. The van der Waals surface area contributed by atoms with Gasteiger partial charge in [0.15, 0.2) is 0 Å². The van der Waals surface area contributed by atoms with Gasteiger partial charge in [-0.3, -0.25) is 29.3 Å². The van der Waals surface area contributed by atoms with E-state index in [1.54, 1.807) is 46.2 Å². The summed E-state index contributed by atoms with van der Waals surface area (Å²) in [4.78, 5) is 81.5. The smallest absolute Gasteiger partial charge is 0.460 e. The molecular weight excluding hydrogens is 966 g/mol. The third kappa shape index (κ3) is 9.09. The van der Waals surface area contributed by atoms with Gasteiger partial charge >= 0.3 is 18.1 Å². The second-order valence-corrected chi connectivity index (χ2v) is 18.9. The molecule has 1 aromatic heterocycles. The highest BCUT2D eigenvalue weighted by Crippen LogP contribution is 2.49. The predicted molar refractivity (Wildman–Crippen MR) is 262 cm³/mol. The first-order valence-corrected chi connectivity index (χ1v) is 24.3. The summed E-state index contributed by atoms with van der Waals surface area (Å²) >= 11 is 14.2. The molecule has 16 nitrogen and oxygen atoms in total. The van der Waals surface area contributed by atoms with Crippen LogP contribution in [0.1, 0.15) is 76.4 Å². The van der Waals surface area contributed by atoms with E-state index >= 15 is 0 Å². The fourth-order valence-corrected chi connectivity index (χ4v) is 11.1. The van der Waals surface area contributed by atoms with E-state index in [0.29, 0.717) is 39.7 Å². The van der Waals surface area contributed by atoms with E-state index < -0.39 is 53.5 Å². The summed E-state index contributed by atoms with van der Waals surface area (Å²) in [5, 5.41) is 13.9. The molecular formula is C51H45Cl2N3O13S. The number of carbonyl (C=O) groups excluding carboxylic acids is 5. The molecule has 3 aliphatic heterocycles. The lowest BCUT2D eigenvalue weighted by Gasteiger charge is -2.44. The molecule has 3 aliphatic rings. The van der Waals surface area contributed by atoms with Gasteiger partial charge < -0.3 is 38.2 Å². The van der Waals surface area contributed by atoms with Gasteiger partial charge in [0, 0.05) is 91.5 Å². The molecule has 0 unspecified atom stereocenters. The van der Waals surface area contributed by atoms with Crippen molar-refractivity contribution in [2.75, 3.05) is 34.6 Å². The van der Waals surface area contributed by atoms with E-state index in [2.05, 4.69) is 0 Å². The van der Waals surface area contributed by atoms with Crippen molar-refractivity contribution in [1.82, 2.24) is 0 Å². The van der Waals surface area contributed by atoms with Gasteiger partial charge in [-0.05, 0) is 52.6 Å². The lowest BCUT2D eigenvalue weighted by atomic mass is 9.89. The van der Waals surface area contributed by atoms with Crippen LogP contribution in [0.25, 0.3) is 21.5 Å². The number of halogens is 2. The van der Waals surface area contributed by atoms with Crippen molar-refractivity contribution < 1.29 is 57.3 Å². The molecule has 0 radical (unpaired) electrons. The Balaban J connectivity index is 1.02. The van der Waals surface area contributed by atoms with Gasteiger partial charge in [0.2, 0.25) is 12.4 Å². The third-order valence-corrected chi connectivity index (χ3v) is 14.7. The second kappa shape index (κ2) is 19.9. The van der Waals surface area contributed by atoms with E-state index in [1.165, 1.54) is 38.1 Å². The molecule has 5 aromatic carbocycles.